The predicted molar refractivity (Wildman–Crippen MR) is 120 cm³/mol. The summed E-state index contributed by atoms with van der Waals surface area (Å²) in [4.78, 5) is 15.8. The highest BCUT2D eigenvalue weighted by Gasteiger charge is 2.26. The number of nitrogens with one attached hydrogen (secondary N) is 2. The highest BCUT2D eigenvalue weighted by atomic mass is 35.5. The Morgan fingerprint density at radius 2 is 1.84 bits per heavy atom. The summed E-state index contributed by atoms with van der Waals surface area (Å²) in [6.07, 6.45) is 2.57. The Morgan fingerprint density at radius 3 is 2.52 bits per heavy atom. The lowest BCUT2D eigenvalue weighted by Gasteiger charge is -2.16. The van der Waals surface area contributed by atoms with Gasteiger partial charge < -0.3 is 14.5 Å². The van der Waals surface area contributed by atoms with Gasteiger partial charge in [0.05, 0.1) is 29.8 Å². The number of ketones is 1. The van der Waals surface area contributed by atoms with E-state index >= 15 is 0 Å². The van der Waals surface area contributed by atoms with Gasteiger partial charge in [0.2, 0.25) is 0 Å². The van der Waals surface area contributed by atoms with Crippen LogP contribution in [0.3, 0.4) is 0 Å². The number of aromatic nitrogens is 1. The first-order chi connectivity index (χ1) is 14.8. The van der Waals surface area contributed by atoms with E-state index < -0.39 is 10.0 Å². The summed E-state index contributed by atoms with van der Waals surface area (Å²) in [5, 5.41) is 1.03. The van der Waals surface area contributed by atoms with E-state index in [1.807, 2.05) is 6.92 Å². The summed E-state index contributed by atoms with van der Waals surface area (Å²) >= 11 is 6.19. The molecule has 0 spiro atoms. The van der Waals surface area contributed by atoms with Crippen LogP contribution >= 0.6 is 11.6 Å². The summed E-state index contributed by atoms with van der Waals surface area (Å²) < 4.78 is 39.8. The number of anilines is 1. The van der Waals surface area contributed by atoms with Gasteiger partial charge in [-0.3, -0.25) is 9.52 Å². The number of hydrogen-bond donors (Lipinski definition) is 2. The number of carbonyl (C=O) groups is 1. The number of carbonyl (C=O) groups excluding carboxylic acids is 1. The second-order valence-corrected chi connectivity index (χ2v) is 9.46. The minimum Gasteiger partial charge on any atom is -0.495 e. The summed E-state index contributed by atoms with van der Waals surface area (Å²) in [5.41, 5.74) is 3.03. The molecule has 0 unspecified atom stereocenters. The maximum atomic E-state index is 13.3. The Labute approximate surface area is 185 Å². The normalized spacial score (nSPS) is 13.9. The summed E-state index contributed by atoms with van der Waals surface area (Å²) in [6, 6.07) is 6.38. The van der Waals surface area contributed by atoms with E-state index in [1.165, 1.54) is 26.4 Å². The fourth-order valence-corrected chi connectivity index (χ4v) is 5.67. The second-order valence-electron chi connectivity index (χ2n) is 7.41. The van der Waals surface area contributed by atoms with Crippen LogP contribution in [0.25, 0.3) is 10.9 Å². The number of aromatic amines is 1. The molecule has 2 aromatic carbocycles. The molecule has 1 aliphatic rings. The molecule has 1 heterocycles. The van der Waals surface area contributed by atoms with Gasteiger partial charge in [-0.25, -0.2) is 8.42 Å². The van der Waals surface area contributed by atoms with Crippen LogP contribution in [0.5, 0.6) is 11.5 Å². The van der Waals surface area contributed by atoms with Crippen molar-refractivity contribution in [2.45, 2.75) is 37.5 Å². The fraction of sp³-hybridized carbons (Fsp3) is 0.318. The Kier molecular flexibility index (Phi) is 5.61. The average molecular weight is 463 g/mol. The number of aryl methyl sites for hydroxylation is 2. The quantitative estimate of drug-likeness (QED) is 0.552. The molecular weight excluding hydrogens is 440 g/mol. The molecular formula is C22H23ClN2O5S. The first kappa shape index (κ1) is 21.5. The maximum absolute atomic E-state index is 13.3. The molecule has 31 heavy (non-hydrogen) atoms. The standard InChI is InChI=1S/C22H23ClN2O5S/c1-4-12-8-13-16(24-15-6-5-7-18(26)22(13)15)10-21(12)31(27,28)25-17-9-14(23)19(29-2)11-20(17)30-3/h8-11,24-25H,4-7H2,1-3H3. The number of halogens is 1. The van der Waals surface area contributed by atoms with Gasteiger partial charge in [0.1, 0.15) is 11.5 Å². The van der Waals surface area contributed by atoms with Crippen molar-refractivity contribution in [1.29, 1.82) is 0 Å². The number of methoxy groups -OCH3 is 2. The number of ether oxygens (including phenoxy) is 2. The van der Waals surface area contributed by atoms with Gasteiger partial charge in [-0.05, 0) is 43.0 Å². The molecule has 1 aromatic heterocycles. The number of Topliss-reactive ketones (excluding diaryl/α,β-unsaturated/α-hetero) is 1. The largest absolute Gasteiger partial charge is 0.495 e. The molecule has 4 rings (SSSR count). The van der Waals surface area contributed by atoms with Crippen molar-refractivity contribution in [3.8, 4) is 11.5 Å². The molecule has 0 aliphatic heterocycles. The average Bonchev–Trinajstić information content (AvgIpc) is 3.11. The molecule has 0 atom stereocenters. The van der Waals surface area contributed by atoms with Gasteiger partial charge in [-0.2, -0.15) is 0 Å². The SMILES string of the molecule is CCc1cc2c3c([nH]c2cc1S(=O)(=O)Nc1cc(Cl)c(OC)cc1OC)CCCC3=O. The molecule has 0 radical (unpaired) electrons. The van der Waals surface area contributed by atoms with Crippen LogP contribution in [0.4, 0.5) is 5.69 Å². The van der Waals surface area contributed by atoms with Crippen LogP contribution in [0.1, 0.15) is 41.4 Å². The van der Waals surface area contributed by atoms with E-state index in [4.69, 9.17) is 21.1 Å². The monoisotopic (exact) mass is 462 g/mol. The first-order valence-corrected chi connectivity index (χ1v) is 11.8. The van der Waals surface area contributed by atoms with Crippen molar-refractivity contribution in [2.24, 2.45) is 0 Å². The van der Waals surface area contributed by atoms with E-state index in [9.17, 15) is 13.2 Å². The third-order valence-corrected chi connectivity index (χ3v) is 7.30. The van der Waals surface area contributed by atoms with Crippen LogP contribution in [-0.4, -0.2) is 33.4 Å². The van der Waals surface area contributed by atoms with Crippen LogP contribution in [0.15, 0.2) is 29.2 Å². The predicted octanol–water partition coefficient (Wildman–Crippen LogP) is 4.72. The Morgan fingerprint density at radius 1 is 1.10 bits per heavy atom. The minimum atomic E-state index is -3.97. The number of sulfonamides is 1. The summed E-state index contributed by atoms with van der Waals surface area (Å²) in [6.45, 7) is 1.88. The van der Waals surface area contributed by atoms with E-state index in [0.717, 1.165) is 23.9 Å². The number of fused-ring (bicyclic) bond motifs is 3. The molecule has 0 saturated carbocycles. The summed E-state index contributed by atoms with van der Waals surface area (Å²) in [5.74, 6) is 0.754. The van der Waals surface area contributed by atoms with Crippen molar-refractivity contribution in [2.75, 3.05) is 18.9 Å². The van der Waals surface area contributed by atoms with Crippen LogP contribution < -0.4 is 14.2 Å². The molecule has 9 heteroatoms. The van der Waals surface area contributed by atoms with E-state index in [2.05, 4.69) is 9.71 Å². The van der Waals surface area contributed by atoms with Crippen molar-refractivity contribution < 1.29 is 22.7 Å². The molecule has 0 fully saturated rings. The number of H-pyrrole nitrogens is 1. The van der Waals surface area contributed by atoms with E-state index in [1.54, 1.807) is 12.1 Å². The lowest BCUT2D eigenvalue weighted by atomic mass is 9.94. The zero-order valence-electron chi connectivity index (χ0n) is 17.5. The molecule has 0 saturated heterocycles. The van der Waals surface area contributed by atoms with Gasteiger partial charge >= 0.3 is 0 Å². The molecule has 164 valence electrons. The lowest BCUT2D eigenvalue weighted by Crippen LogP contribution is -2.16. The smallest absolute Gasteiger partial charge is 0.262 e. The molecule has 3 aromatic rings. The molecule has 0 bridgehead atoms. The zero-order chi connectivity index (χ0) is 22.3. The maximum Gasteiger partial charge on any atom is 0.262 e. The Balaban J connectivity index is 1.82. The van der Waals surface area contributed by atoms with E-state index in [-0.39, 0.29) is 27.1 Å². The van der Waals surface area contributed by atoms with E-state index in [0.29, 0.717) is 35.2 Å². The summed E-state index contributed by atoms with van der Waals surface area (Å²) in [7, 11) is -1.06. The highest BCUT2D eigenvalue weighted by Crippen LogP contribution is 2.38. The third-order valence-electron chi connectivity index (χ3n) is 5.56. The van der Waals surface area contributed by atoms with Crippen molar-refractivity contribution >= 4 is 44.0 Å². The van der Waals surface area contributed by atoms with Crippen LogP contribution in [-0.2, 0) is 22.9 Å². The third kappa shape index (κ3) is 3.74. The molecule has 2 N–H and O–H groups in total. The minimum absolute atomic E-state index is 0.0981. The second kappa shape index (κ2) is 8.09. The Bertz CT molecular complexity index is 1300. The van der Waals surface area contributed by atoms with Gasteiger partial charge in [0.15, 0.2) is 5.78 Å². The first-order valence-electron chi connectivity index (χ1n) is 9.94. The lowest BCUT2D eigenvalue weighted by molar-refractivity contribution is 0.0974. The highest BCUT2D eigenvalue weighted by molar-refractivity contribution is 7.92. The van der Waals surface area contributed by atoms with Crippen LogP contribution in [0, 0.1) is 0 Å². The topological polar surface area (TPSA) is 97.5 Å². The van der Waals surface area contributed by atoms with Crippen molar-refractivity contribution in [1.82, 2.24) is 4.98 Å². The number of hydrogen-bond acceptors (Lipinski definition) is 5. The molecule has 1 aliphatic carbocycles. The Hall–Kier alpha value is -2.71. The van der Waals surface area contributed by atoms with Crippen molar-refractivity contribution in [3.05, 3.63) is 46.1 Å². The molecule has 0 amide bonds. The van der Waals surface area contributed by atoms with Gasteiger partial charge in [0.25, 0.3) is 10.0 Å². The zero-order valence-corrected chi connectivity index (χ0v) is 19.0. The van der Waals surface area contributed by atoms with Gasteiger partial charge in [-0.1, -0.05) is 18.5 Å². The van der Waals surface area contributed by atoms with Crippen LogP contribution in [0.2, 0.25) is 5.02 Å². The number of rotatable bonds is 6. The number of benzene rings is 2. The molecule has 7 nitrogen and oxygen atoms in total. The van der Waals surface area contributed by atoms with Crippen molar-refractivity contribution in [3.63, 3.8) is 0 Å². The van der Waals surface area contributed by atoms with Gasteiger partial charge in [0, 0.05) is 34.6 Å². The van der Waals surface area contributed by atoms with Gasteiger partial charge in [-0.15, -0.1) is 0 Å². The fourth-order valence-electron chi connectivity index (χ4n) is 4.05.